The highest BCUT2D eigenvalue weighted by Crippen LogP contribution is 2.07. The van der Waals surface area contributed by atoms with Crippen molar-refractivity contribution < 1.29 is 4.79 Å². The average Bonchev–Trinajstić information content (AvgIpc) is 2.27. The van der Waals surface area contributed by atoms with E-state index >= 15 is 0 Å². The molecule has 0 aliphatic carbocycles. The van der Waals surface area contributed by atoms with Crippen LogP contribution in [0, 0.1) is 0 Å². The number of nitrogens with zero attached hydrogens (tertiary/aromatic N) is 1. The fraction of sp³-hybridized carbons (Fsp3) is 0.417. The molecule has 0 saturated carbocycles. The van der Waals surface area contributed by atoms with Crippen molar-refractivity contribution in [3.8, 4) is 0 Å². The molecule has 0 aliphatic rings. The number of carbonyl (C=O) groups excluding carboxylic acids is 1. The predicted molar refractivity (Wildman–Crippen MR) is 58.3 cm³/mol. The molecule has 76 valence electrons. The first-order valence-electron chi connectivity index (χ1n) is 4.99. The van der Waals surface area contributed by atoms with Crippen molar-refractivity contribution in [3.63, 3.8) is 0 Å². The summed E-state index contributed by atoms with van der Waals surface area (Å²) in [5, 5.41) is 0. The Labute approximate surface area is 85.5 Å². The van der Waals surface area contributed by atoms with E-state index in [2.05, 4.69) is 13.8 Å². The van der Waals surface area contributed by atoms with Crippen molar-refractivity contribution in [1.82, 2.24) is 4.90 Å². The molecule has 1 aromatic carbocycles. The summed E-state index contributed by atoms with van der Waals surface area (Å²) in [6.45, 7) is 4.14. The molecule has 1 aromatic rings. The Kier molecular flexibility index (Phi) is 3.69. The Hall–Kier alpha value is -1.31. The fourth-order valence-corrected chi connectivity index (χ4v) is 1.26. The van der Waals surface area contributed by atoms with Gasteiger partial charge in [-0.1, -0.05) is 25.1 Å². The molecule has 0 saturated heterocycles. The average molecular weight is 191 g/mol. The van der Waals surface area contributed by atoms with Crippen LogP contribution in [0.15, 0.2) is 30.3 Å². The number of benzene rings is 1. The molecule has 0 fully saturated rings. The van der Waals surface area contributed by atoms with E-state index < -0.39 is 0 Å². The lowest BCUT2D eigenvalue weighted by Gasteiger charge is -2.23. The summed E-state index contributed by atoms with van der Waals surface area (Å²) in [4.78, 5) is 13.7. The Morgan fingerprint density at radius 2 is 1.93 bits per heavy atom. The minimum atomic E-state index is 0.0972. The second-order valence-electron chi connectivity index (χ2n) is 3.54. The lowest BCUT2D eigenvalue weighted by Crippen LogP contribution is -2.34. The van der Waals surface area contributed by atoms with E-state index in [0.29, 0.717) is 6.04 Å². The first-order chi connectivity index (χ1) is 6.66. The molecule has 14 heavy (non-hydrogen) atoms. The smallest absolute Gasteiger partial charge is 0.253 e. The van der Waals surface area contributed by atoms with Gasteiger partial charge in [0.1, 0.15) is 0 Å². The number of amides is 1. The van der Waals surface area contributed by atoms with Crippen molar-refractivity contribution in [1.29, 1.82) is 0 Å². The molecule has 2 heteroatoms. The zero-order valence-corrected chi connectivity index (χ0v) is 9.03. The third-order valence-corrected chi connectivity index (χ3v) is 2.59. The standard InChI is InChI=1S/C12H17NO/c1-4-10(2)13(3)12(14)11-8-6-5-7-9-11/h5-10H,4H2,1-3H3/t10-/m1/s1. The minimum absolute atomic E-state index is 0.0972. The molecule has 1 amide bonds. The van der Waals surface area contributed by atoms with Gasteiger partial charge in [-0.3, -0.25) is 4.79 Å². The van der Waals surface area contributed by atoms with Crippen LogP contribution in [-0.2, 0) is 0 Å². The van der Waals surface area contributed by atoms with Gasteiger partial charge in [0.05, 0.1) is 0 Å². The highest BCUT2D eigenvalue weighted by Gasteiger charge is 2.14. The summed E-state index contributed by atoms with van der Waals surface area (Å²) in [7, 11) is 1.85. The van der Waals surface area contributed by atoms with Crippen molar-refractivity contribution in [3.05, 3.63) is 35.9 Å². The second kappa shape index (κ2) is 4.80. The molecule has 0 aromatic heterocycles. The van der Waals surface area contributed by atoms with Crippen LogP contribution in [0.3, 0.4) is 0 Å². The second-order valence-corrected chi connectivity index (χ2v) is 3.54. The van der Waals surface area contributed by atoms with Crippen LogP contribution in [0.25, 0.3) is 0 Å². The van der Waals surface area contributed by atoms with Crippen LogP contribution in [0.1, 0.15) is 30.6 Å². The molecule has 2 nitrogen and oxygen atoms in total. The summed E-state index contributed by atoms with van der Waals surface area (Å²) in [6, 6.07) is 9.68. The fourth-order valence-electron chi connectivity index (χ4n) is 1.26. The molecule has 0 unspecified atom stereocenters. The van der Waals surface area contributed by atoms with E-state index in [4.69, 9.17) is 0 Å². The van der Waals surface area contributed by atoms with E-state index in [-0.39, 0.29) is 5.91 Å². The topological polar surface area (TPSA) is 20.3 Å². The Balaban J connectivity index is 2.76. The van der Waals surface area contributed by atoms with Crippen LogP contribution in [0.2, 0.25) is 0 Å². The molecule has 0 aliphatic heterocycles. The van der Waals surface area contributed by atoms with Gasteiger partial charge < -0.3 is 4.90 Å². The van der Waals surface area contributed by atoms with E-state index in [1.807, 2.05) is 37.4 Å². The van der Waals surface area contributed by atoms with Gasteiger partial charge in [0, 0.05) is 18.7 Å². The van der Waals surface area contributed by atoms with Crippen molar-refractivity contribution in [2.24, 2.45) is 0 Å². The maximum Gasteiger partial charge on any atom is 0.253 e. The van der Waals surface area contributed by atoms with E-state index in [0.717, 1.165) is 12.0 Å². The van der Waals surface area contributed by atoms with Gasteiger partial charge >= 0.3 is 0 Å². The summed E-state index contributed by atoms with van der Waals surface area (Å²) < 4.78 is 0. The molecule has 0 spiro atoms. The Bertz CT molecular complexity index is 294. The molecule has 1 rings (SSSR count). The zero-order chi connectivity index (χ0) is 10.6. The summed E-state index contributed by atoms with van der Waals surface area (Å²) in [5.41, 5.74) is 0.760. The third-order valence-electron chi connectivity index (χ3n) is 2.59. The predicted octanol–water partition coefficient (Wildman–Crippen LogP) is 2.56. The molecule has 0 N–H and O–H groups in total. The lowest BCUT2D eigenvalue weighted by atomic mass is 10.1. The highest BCUT2D eigenvalue weighted by molar-refractivity contribution is 5.94. The van der Waals surface area contributed by atoms with Crippen LogP contribution < -0.4 is 0 Å². The monoisotopic (exact) mass is 191 g/mol. The SMILES string of the molecule is CC[C@@H](C)N(C)C(=O)c1ccccc1. The first kappa shape index (κ1) is 10.8. The number of hydrogen-bond acceptors (Lipinski definition) is 1. The largest absolute Gasteiger partial charge is 0.339 e. The summed E-state index contributed by atoms with van der Waals surface area (Å²) >= 11 is 0. The third kappa shape index (κ3) is 2.34. The molecular weight excluding hydrogens is 174 g/mol. The molecule has 0 bridgehead atoms. The normalized spacial score (nSPS) is 12.2. The Morgan fingerprint density at radius 3 is 2.43 bits per heavy atom. The first-order valence-corrected chi connectivity index (χ1v) is 4.99. The number of rotatable bonds is 3. The van der Waals surface area contributed by atoms with Crippen molar-refractivity contribution >= 4 is 5.91 Å². The van der Waals surface area contributed by atoms with Gasteiger partial charge in [0.25, 0.3) is 5.91 Å². The number of carbonyl (C=O) groups is 1. The Morgan fingerprint density at radius 1 is 1.36 bits per heavy atom. The van der Waals surface area contributed by atoms with E-state index in [1.165, 1.54) is 0 Å². The van der Waals surface area contributed by atoms with Crippen LogP contribution in [-0.4, -0.2) is 23.9 Å². The van der Waals surface area contributed by atoms with Gasteiger partial charge in [-0.05, 0) is 25.5 Å². The molecular formula is C12H17NO. The molecule has 1 atom stereocenters. The van der Waals surface area contributed by atoms with Crippen molar-refractivity contribution in [2.75, 3.05) is 7.05 Å². The summed E-state index contributed by atoms with van der Waals surface area (Å²) in [5.74, 6) is 0.0972. The van der Waals surface area contributed by atoms with Crippen molar-refractivity contribution in [2.45, 2.75) is 26.3 Å². The summed E-state index contributed by atoms with van der Waals surface area (Å²) in [6.07, 6.45) is 0.981. The van der Waals surface area contributed by atoms with Crippen LogP contribution in [0.5, 0.6) is 0 Å². The zero-order valence-electron chi connectivity index (χ0n) is 9.03. The minimum Gasteiger partial charge on any atom is -0.339 e. The van der Waals surface area contributed by atoms with Gasteiger partial charge in [-0.2, -0.15) is 0 Å². The van der Waals surface area contributed by atoms with Gasteiger partial charge in [0.2, 0.25) is 0 Å². The maximum absolute atomic E-state index is 11.9. The van der Waals surface area contributed by atoms with Crippen LogP contribution >= 0.6 is 0 Å². The maximum atomic E-state index is 11.9. The van der Waals surface area contributed by atoms with Gasteiger partial charge in [0.15, 0.2) is 0 Å². The molecule has 0 radical (unpaired) electrons. The number of hydrogen-bond donors (Lipinski definition) is 0. The molecule has 0 heterocycles. The quantitative estimate of drug-likeness (QED) is 0.719. The van der Waals surface area contributed by atoms with Gasteiger partial charge in [-0.25, -0.2) is 0 Å². The van der Waals surface area contributed by atoms with Crippen LogP contribution in [0.4, 0.5) is 0 Å². The van der Waals surface area contributed by atoms with E-state index in [9.17, 15) is 4.79 Å². The van der Waals surface area contributed by atoms with Gasteiger partial charge in [-0.15, -0.1) is 0 Å². The van der Waals surface area contributed by atoms with E-state index in [1.54, 1.807) is 4.90 Å². The lowest BCUT2D eigenvalue weighted by molar-refractivity contribution is 0.0740. The highest BCUT2D eigenvalue weighted by atomic mass is 16.2.